The van der Waals surface area contributed by atoms with Gasteiger partial charge in [0.05, 0.1) is 4.90 Å². The highest BCUT2D eigenvalue weighted by atomic mass is 32.2. The minimum absolute atomic E-state index is 0.0455. The van der Waals surface area contributed by atoms with Crippen LogP contribution < -0.4 is 15.6 Å². The molecule has 3 N–H and O–H groups in total. The fourth-order valence-corrected chi connectivity index (χ4v) is 3.98. The van der Waals surface area contributed by atoms with Gasteiger partial charge in [-0.25, -0.2) is 8.42 Å². The fourth-order valence-electron chi connectivity index (χ4n) is 2.76. The molecule has 0 bridgehead atoms. The predicted molar refractivity (Wildman–Crippen MR) is 113 cm³/mol. The zero-order valence-electron chi connectivity index (χ0n) is 16.0. The van der Waals surface area contributed by atoms with Gasteiger partial charge in [0.15, 0.2) is 0 Å². The Labute approximate surface area is 175 Å². The number of rotatable bonds is 7. The summed E-state index contributed by atoms with van der Waals surface area (Å²) in [4.78, 5) is 25.0. The number of hydrazine groups is 1. The Morgan fingerprint density at radius 3 is 1.87 bits per heavy atom. The molecule has 2 amide bonds. The van der Waals surface area contributed by atoms with E-state index < -0.39 is 27.9 Å². The van der Waals surface area contributed by atoms with E-state index in [2.05, 4.69) is 15.6 Å². The number of carbonyl (C=O) groups is 2. The standard InChI is InChI=1S/C22H21N3O4S/c26-21(18-12-6-2-7-13-18)23-24-22(27)20(16-17-10-4-1-5-11-17)25-30(28,29)19-14-8-3-9-15-19/h1-15,20,25H,16H2,(H,23,26)(H,24,27). The Bertz CT molecular complexity index is 1090. The quantitative estimate of drug-likeness (QED) is 0.506. The normalized spacial score (nSPS) is 12.0. The van der Waals surface area contributed by atoms with Crippen LogP contribution in [0.25, 0.3) is 0 Å². The topological polar surface area (TPSA) is 104 Å². The number of nitrogens with one attached hydrogen (secondary N) is 3. The summed E-state index contributed by atoms with van der Waals surface area (Å²) in [6.07, 6.45) is 0.111. The highest BCUT2D eigenvalue weighted by Crippen LogP contribution is 2.11. The molecular formula is C22H21N3O4S. The lowest BCUT2D eigenvalue weighted by Gasteiger charge is -2.19. The highest BCUT2D eigenvalue weighted by Gasteiger charge is 2.26. The summed E-state index contributed by atoms with van der Waals surface area (Å²) in [6.45, 7) is 0. The second-order valence-corrected chi connectivity index (χ2v) is 8.20. The third-order valence-corrected chi connectivity index (χ3v) is 5.77. The molecule has 30 heavy (non-hydrogen) atoms. The molecule has 0 heterocycles. The zero-order valence-corrected chi connectivity index (χ0v) is 16.8. The van der Waals surface area contributed by atoms with Crippen LogP contribution >= 0.6 is 0 Å². The van der Waals surface area contributed by atoms with Gasteiger partial charge in [-0.15, -0.1) is 0 Å². The molecule has 0 aromatic heterocycles. The van der Waals surface area contributed by atoms with Crippen LogP contribution in [0.2, 0.25) is 0 Å². The van der Waals surface area contributed by atoms with E-state index in [1.165, 1.54) is 12.1 Å². The molecule has 0 saturated heterocycles. The molecule has 8 heteroatoms. The van der Waals surface area contributed by atoms with E-state index >= 15 is 0 Å². The Balaban J connectivity index is 1.75. The molecule has 0 radical (unpaired) electrons. The summed E-state index contributed by atoms with van der Waals surface area (Å²) in [7, 11) is -3.94. The van der Waals surface area contributed by atoms with Crippen LogP contribution in [-0.4, -0.2) is 26.3 Å². The molecule has 154 valence electrons. The molecule has 3 rings (SSSR count). The lowest BCUT2D eigenvalue weighted by Crippen LogP contribution is -2.53. The van der Waals surface area contributed by atoms with Gasteiger partial charge < -0.3 is 0 Å². The molecule has 3 aromatic rings. The molecular weight excluding hydrogens is 402 g/mol. The zero-order chi connectivity index (χ0) is 21.4. The highest BCUT2D eigenvalue weighted by molar-refractivity contribution is 7.89. The minimum Gasteiger partial charge on any atom is -0.271 e. The van der Waals surface area contributed by atoms with Crippen molar-refractivity contribution in [1.29, 1.82) is 0 Å². The summed E-state index contributed by atoms with van der Waals surface area (Å²) in [5, 5.41) is 0. The lowest BCUT2D eigenvalue weighted by molar-refractivity contribution is -0.123. The van der Waals surface area contributed by atoms with Gasteiger partial charge in [-0.3, -0.25) is 20.4 Å². The molecule has 3 aromatic carbocycles. The van der Waals surface area contributed by atoms with E-state index in [-0.39, 0.29) is 11.3 Å². The number of amides is 2. The number of hydrogen-bond acceptors (Lipinski definition) is 4. The number of benzene rings is 3. The third kappa shape index (κ3) is 5.76. The van der Waals surface area contributed by atoms with Crippen molar-refractivity contribution >= 4 is 21.8 Å². The summed E-state index contributed by atoms with van der Waals surface area (Å²) in [5.74, 6) is -1.18. The monoisotopic (exact) mass is 423 g/mol. The molecule has 7 nitrogen and oxygen atoms in total. The Kier molecular flexibility index (Phi) is 6.95. The average molecular weight is 423 g/mol. The molecule has 1 unspecified atom stereocenters. The molecule has 0 aliphatic carbocycles. The summed E-state index contributed by atoms with van der Waals surface area (Å²) >= 11 is 0. The van der Waals surface area contributed by atoms with Gasteiger partial charge in [-0.1, -0.05) is 66.7 Å². The van der Waals surface area contributed by atoms with Crippen LogP contribution in [0.3, 0.4) is 0 Å². The van der Waals surface area contributed by atoms with Crippen molar-refractivity contribution in [2.75, 3.05) is 0 Å². The largest absolute Gasteiger partial charge is 0.271 e. The van der Waals surface area contributed by atoms with E-state index in [4.69, 9.17) is 0 Å². The second kappa shape index (κ2) is 9.82. The number of carbonyl (C=O) groups excluding carboxylic acids is 2. The maximum Gasteiger partial charge on any atom is 0.269 e. The van der Waals surface area contributed by atoms with Crippen molar-refractivity contribution in [1.82, 2.24) is 15.6 Å². The van der Waals surface area contributed by atoms with Crippen molar-refractivity contribution in [2.45, 2.75) is 17.4 Å². The third-order valence-electron chi connectivity index (χ3n) is 4.29. The van der Waals surface area contributed by atoms with E-state index in [1.54, 1.807) is 72.8 Å². The van der Waals surface area contributed by atoms with Crippen molar-refractivity contribution in [2.24, 2.45) is 0 Å². The maximum atomic E-state index is 12.7. The van der Waals surface area contributed by atoms with Gasteiger partial charge in [0.1, 0.15) is 6.04 Å². The van der Waals surface area contributed by atoms with Crippen LogP contribution in [0.15, 0.2) is 95.9 Å². The SMILES string of the molecule is O=C(NNC(=O)C(Cc1ccccc1)NS(=O)(=O)c1ccccc1)c1ccccc1. The molecule has 0 spiro atoms. The average Bonchev–Trinajstić information content (AvgIpc) is 2.78. The maximum absolute atomic E-state index is 12.7. The van der Waals surface area contributed by atoms with E-state index in [9.17, 15) is 18.0 Å². The Morgan fingerprint density at radius 1 is 0.733 bits per heavy atom. The molecule has 0 fully saturated rings. The summed E-state index contributed by atoms with van der Waals surface area (Å²) < 4.78 is 27.9. The van der Waals surface area contributed by atoms with Crippen LogP contribution in [0.1, 0.15) is 15.9 Å². The van der Waals surface area contributed by atoms with E-state index in [0.717, 1.165) is 5.56 Å². The summed E-state index contributed by atoms with van der Waals surface area (Å²) in [6, 6.07) is 24.0. The van der Waals surface area contributed by atoms with E-state index in [1.807, 2.05) is 6.07 Å². The van der Waals surface area contributed by atoms with Gasteiger partial charge in [0, 0.05) is 5.56 Å². The summed E-state index contributed by atoms with van der Waals surface area (Å²) in [5.41, 5.74) is 5.76. The first kappa shape index (κ1) is 21.2. The predicted octanol–water partition coefficient (Wildman–Crippen LogP) is 2.04. The van der Waals surface area contributed by atoms with Crippen LogP contribution in [0, 0.1) is 0 Å². The van der Waals surface area contributed by atoms with Crippen molar-refractivity contribution in [3.8, 4) is 0 Å². The number of hydrogen-bond donors (Lipinski definition) is 3. The molecule has 1 atom stereocenters. The first-order valence-electron chi connectivity index (χ1n) is 9.22. The van der Waals surface area contributed by atoms with Crippen molar-refractivity contribution in [3.05, 3.63) is 102 Å². The van der Waals surface area contributed by atoms with Crippen LogP contribution in [-0.2, 0) is 21.2 Å². The van der Waals surface area contributed by atoms with Gasteiger partial charge >= 0.3 is 0 Å². The van der Waals surface area contributed by atoms with Gasteiger partial charge in [0.25, 0.3) is 11.8 Å². The van der Waals surface area contributed by atoms with Crippen LogP contribution in [0.5, 0.6) is 0 Å². The molecule has 0 aliphatic rings. The first-order valence-corrected chi connectivity index (χ1v) is 10.7. The second-order valence-electron chi connectivity index (χ2n) is 6.49. The first-order chi connectivity index (χ1) is 14.5. The van der Waals surface area contributed by atoms with Gasteiger partial charge in [-0.2, -0.15) is 4.72 Å². The minimum atomic E-state index is -3.94. The van der Waals surface area contributed by atoms with Gasteiger partial charge in [-0.05, 0) is 36.2 Å². The van der Waals surface area contributed by atoms with Crippen molar-refractivity contribution < 1.29 is 18.0 Å². The van der Waals surface area contributed by atoms with Crippen LogP contribution in [0.4, 0.5) is 0 Å². The smallest absolute Gasteiger partial charge is 0.269 e. The fraction of sp³-hybridized carbons (Fsp3) is 0.0909. The van der Waals surface area contributed by atoms with Crippen molar-refractivity contribution in [3.63, 3.8) is 0 Å². The number of sulfonamides is 1. The van der Waals surface area contributed by atoms with Gasteiger partial charge in [0.2, 0.25) is 10.0 Å². The molecule has 0 aliphatic heterocycles. The Hall–Kier alpha value is -3.49. The van der Waals surface area contributed by atoms with E-state index in [0.29, 0.717) is 5.56 Å². The Morgan fingerprint density at radius 2 is 1.27 bits per heavy atom. The molecule has 0 saturated carbocycles. The lowest BCUT2D eigenvalue weighted by atomic mass is 10.1.